The van der Waals surface area contributed by atoms with E-state index in [1.54, 1.807) is 31.3 Å². The Morgan fingerprint density at radius 3 is 2.44 bits per heavy atom. The van der Waals surface area contributed by atoms with Gasteiger partial charge in [0.1, 0.15) is 6.10 Å². The highest BCUT2D eigenvalue weighted by molar-refractivity contribution is 5.97. The van der Waals surface area contributed by atoms with Crippen molar-refractivity contribution in [2.75, 3.05) is 20.1 Å². The lowest BCUT2D eigenvalue weighted by Gasteiger charge is -2.18. The number of nitrogens with two attached hydrogens (primary N) is 1. The highest BCUT2D eigenvalue weighted by atomic mass is 16.3. The Hall–Kier alpha value is -1.27. The first kappa shape index (κ1) is 14.8. The molecular formula is C13H20N2O3. The van der Waals surface area contributed by atoms with Crippen molar-refractivity contribution < 1.29 is 15.0 Å². The molecular weight excluding hydrogens is 232 g/mol. The topological polar surface area (TPSA) is 95.6 Å². The zero-order valence-electron chi connectivity index (χ0n) is 10.5. The fraction of sp³-hybridized carbons (Fsp3) is 0.462. The Morgan fingerprint density at radius 1 is 1.33 bits per heavy atom. The summed E-state index contributed by atoms with van der Waals surface area (Å²) in [5.41, 5.74) is 6.36. The molecule has 5 heteroatoms. The van der Waals surface area contributed by atoms with Gasteiger partial charge in [-0.2, -0.15) is 0 Å². The van der Waals surface area contributed by atoms with E-state index in [9.17, 15) is 15.0 Å². The molecule has 0 bridgehead atoms. The Labute approximate surface area is 107 Å². The normalized spacial score (nSPS) is 14.2. The summed E-state index contributed by atoms with van der Waals surface area (Å²) >= 11 is 0. The van der Waals surface area contributed by atoms with Crippen LogP contribution in [0.2, 0.25) is 0 Å². The molecule has 1 aromatic rings. The fourth-order valence-electron chi connectivity index (χ4n) is 1.66. The molecule has 1 rings (SSSR count). The third kappa shape index (κ3) is 3.89. The minimum atomic E-state index is -0.944. The number of rotatable bonds is 7. The van der Waals surface area contributed by atoms with E-state index in [-0.39, 0.29) is 12.3 Å². The van der Waals surface area contributed by atoms with Gasteiger partial charge in [-0.15, -0.1) is 0 Å². The summed E-state index contributed by atoms with van der Waals surface area (Å²) in [6.07, 6.45) is -1.31. The van der Waals surface area contributed by atoms with Gasteiger partial charge in [-0.25, -0.2) is 0 Å². The van der Waals surface area contributed by atoms with Gasteiger partial charge in [-0.05, 0) is 25.6 Å². The second-order valence-corrected chi connectivity index (χ2v) is 4.15. The lowest BCUT2D eigenvalue weighted by atomic mass is 10.00. The zero-order chi connectivity index (χ0) is 13.5. The van der Waals surface area contributed by atoms with Crippen LogP contribution < -0.4 is 11.1 Å². The quantitative estimate of drug-likeness (QED) is 0.505. The summed E-state index contributed by atoms with van der Waals surface area (Å²) in [5.74, 6) is -0.147. The SMILES string of the molecule is CNCCC(O)C(O)c1ccc(C(=O)CN)cc1. The van der Waals surface area contributed by atoms with E-state index >= 15 is 0 Å². The van der Waals surface area contributed by atoms with Gasteiger partial charge >= 0.3 is 0 Å². The van der Waals surface area contributed by atoms with Crippen molar-refractivity contribution in [3.8, 4) is 0 Å². The van der Waals surface area contributed by atoms with Crippen molar-refractivity contribution in [2.24, 2.45) is 5.73 Å². The lowest BCUT2D eigenvalue weighted by Crippen LogP contribution is -2.23. The summed E-state index contributed by atoms with van der Waals surface area (Å²) in [5, 5.41) is 22.6. The molecule has 0 aliphatic carbocycles. The van der Waals surface area contributed by atoms with Gasteiger partial charge in [0.25, 0.3) is 0 Å². The second kappa shape index (κ2) is 7.23. The first-order chi connectivity index (χ1) is 8.60. The number of hydrogen-bond acceptors (Lipinski definition) is 5. The molecule has 0 radical (unpaired) electrons. The van der Waals surface area contributed by atoms with Crippen LogP contribution in [0, 0.1) is 0 Å². The van der Waals surface area contributed by atoms with Crippen LogP contribution in [0.1, 0.15) is 28.4 Å². The fourth-order valence-corrected chi connectivity index (χ4v) is 1.66. The summed E-state index contributed by atoms with van der Waals surface area (Å²) < 4.78 is 0. The third-order valence-electron chi connectivity index (χ3n) is 2.81. The highest BCUT2D eigenvalue weighted by Crippen LogP contribution is 2.19. The molecule has 5 N–H and O–H groups in total. The number of hydrogen-bond donors (Lipinski definition) is 4. The van der Waals surface area contributed by atoms with Gasteiger partial charge in [0.2, 0.25) is 0 Å². The van der Waals surface area contributed by atoms with Gasteiger partial charge in [-0.1, -0.05) is 24.3 Å². The van der Waals surface area contributed by atoms with Crippen molar-refractivity contribution in [1.82, 2.24) is 5.32 Å². The number of carbonyl (C=O) groups excluding carboxylic acids is 1. The molecule has 2 atom stereocenters. The van der Waals surface area contributed by atoms with Crippen molar-refractivity contribution in [3.63, 3.8) is 0 Å². The zero-order valence-corrected chi connectivity index (χ0v) is 10.5. The molecule has 100 valence electrons. The van der Waals surface area contributed by atoms with Crippen LogP contribution in [0.3, 0.4) is 0 Å². The van der Waals surface area contributed by atoms with E-state index in [0.29, 0.717) is 24.1 Å². The van der Waals surface area contributed by atoms with Crippen molar-refractivity contribution in [2.45, 2.75) is 18.6 Å². The number of nitrogens with one attached hydrogen (secondary N) is 1. The minimum Gasteiger partial charge on any atom is -0.390 e. The van der Waals surface area contributed by atoms with Crippen molar-refractivity contribution in [1.29, 1.82) is 0 Å². The molecule has 0 saturated heterocycles. The van der Waals surface area contributed by atoms with Gasteiger partial charge in [0.05, 0.1) is 12.6 Å². The molecule has 0 amide bonds. The standard InChI is InChI=1S/C13H20N2O3/c1-15-7-6-11(16)13(18)10-4-2-9(3-5-10)12(17)8-14/h2-5,11,13,15-16,18H,6-8,14H2,1H3. The largest absolute Gasteiger partial charge is 0.390 e. The third-order valence-corrected chi connectivity index (χ3v) is 2.81. The molecule has 5 nitrogen and oxygen atoms in total. The number of carbonyl (C=O) groups is 1. The Kier molecular flexibility index (Phi) is 5.94. The van der Waals surface area contributed by atoms with Gasteiger partial charge in [-0.3, -0.25) is 4.79 Å². The first-order valence-corrected chi connectivity index (χ1v) is 5.94. The number of aliphatic hydroxyl groups is 2. The molecule has 18 heavy (non-hydrogen) atoms. The van der Waals surface area contributed by atoms with Crippen LogP contribution in [0.15, 0.2) is 24.3 Å². The predicted octanol–water partition coefficient (Wildman–Crippen LogP) is -0.168. The maximum atomic E-state index is 11.3. The summed E-state index contributed by atoms with van der Waals surface area (Å²) in [4.78, 5) is 11.3. The van der Waals surface area contributed by atoms with E-state index in [4.69, 9.17) is 5.73 Å². The van der Waals surface area contributed by atoms with Crippen molar-refractivity contribution >= 4 is 5.78 Å². The van der Waals surface area contributed by atoms with Crippen LogP contribution in [0.4, 0.5) is 0 Å². The van der Waals surface area contributed by atoms with Crippen LogP contribution in [0.25, 0.3) is 0 Å². The molecule has 0 spiro atoms. The molecule has 2 unspecified atom stereocenters. The molecule has 0 saturated carbocycles. The Bertz CT molecular complexity index is 378. The average Bonchev–Trinajstić information content (AvgIpc) is 2.43. The number of Topliss-reactive ketones (excluding diaryl/α,β-unsaturated/α-hetero) is 1. The van der Waals surface area contributed by atoms with E-state index < -0.39 is 12.2 Å². The molecule has 0 aliphatic heterocycles. The van der Waals surface area contributed by atoms with E-state index in [0.717, 1.165) is 0 Å². The smallest absolute Gasteiger partial charge is 0.176 e. The van der Waals surface area contributed by atoms with Crippen LogP contribution in [0.5, 0.6) is 0 Å². The number of ketones is 1. The minimum absolute atomic E-state index is 0.0350. The number of aliphatic hydroxyl groups excluding tert-OH is 2. The monoisotopic (exact) mass is 252 g/mol. The first-order valence-electron chi connectivity index (χ1n) is 5.94. The Balaban J connectivity index is 2.69. The van der Waals surface area contributed by atoms with E-state index in [1.807, 2.05) is 0 Å². The highest BCUT2D eigenvalue weighted by Gasteiger charge is 2.17. The number of benzene rings is 1. The molecule has 1 aromatic carbocycles. The molecule has 0 aliphatic rings. The van der Waals surface area contributed by atoms with Gasteiger partial charge < -0.3 is 21.3 Å². The van der Waals surface area contributed by atoms with E-state index in [2.05, 4.69) is 5.32 Å². The van der Waals surface area contributed by atoms with E-state index in [1.165, 1.54) is 0 Å². The maximum absolute atomic E-state index is 11.3. The molecule has 0 aromatic heterocycles. The summed E-state index contributed by atoms with van der Waals surface area (Å²) in [6, 6.07) is 6.49. The Morgan fingerprint density at radius 2 is 1.94 bits per heavy atom. The predicted molar refractivity (Wildman–Crippen MR) is 69.3 cm³/mol. The van der Waals surface area contributed by atoms with Gasteiger partial charge in [0.15, 0.2) is 5.78 Å². The maximum Gasteiger partial charge on any atom is 0.176 e. The second-order valence-electron chi connectivity index (χ2n) is 4.15. The van der Waals surface area contributed by atoms with Crippen molar-refractivity contribution in [3.05, 3.63) is 35.4 Å². The average molecular weight is 252 g/mol. The molecule has 0 heterocycles. The van der Waals surface area contributed by atoms with Crippen LogP contribution in [-0.2, 0) is 0 Å². The summed E-state index contributed by atoms with van der Waals surface area (Å²) in [6.45, 7) is 0.592. The lowest BCUT2D eigenvalue weighted by molar-refractivity contribution is 0.0140. The van der Waals surface area contributed by atoms with Crippen LogP contribution >= 0.6 is 0 Å². The summed E-state index contributed by atoms with van der Waals surface area (Å²) in [7, 11) is 1.78. The molecule has 0 fully saturated rings. The van der Waals surface area contributed by atoms with Crippen LogP contribution in [-0.4, -0.2) is 42.2 Å². The van der Waals surface area contributed by atoms with Gasteiger partial charge in [0, 0.05) is 5.56 Å².